The summed E-state index contributed by atoms with van der Waals surface area (Å²) in [5.41, 5.74) is 1.70. The number of non-ortho nitro benzene ring substituents is 1. The van der Waals surface area contributed by atoms with Crippen LogP contribution in [0.2, 0.25) is 5.02 Å². The highest BCUT2D eigenvalue weighted by molar-refractivity contribution is 7.23. The second kappa shape index (κ2) is 10.2. The number of benzene rings is 2. The summed E-state index contributed by atoms with van der Waals surface area (Å²) in [6, 6.07) is 10.2. The number of aromatic nitrogens is 1. The predicted molar refractivity (Wildman–Crippen MR) is 141 cm³/mol. The number of nitrogens with zero attached hydrogens (tertiary/aromatic N) is 4. The Morgan fingerprint density at radius 1 is 1.20 bits per heavy atom. The van der Waals surface area contributed by atoms with Crippen LogP contribution in [0.1, 0.15) is 21.7 Å². The van der Waals surface area contributed by atoms with Crippen molar-refractivity contribution in [3.8, 4) is 0 Å². The van der Waals surface area contributed by atoms with Crippen LogP contribution < -0.4 is 4.90 Å². The molecule has 1 fully saturated rings. The SMILES string of the molecule is Cc1c(Cl)ccc2sc(N(CCCN3CCOCC3)C(=O)c3cc4cc([N+](=O)[O-])ccc4s3)nc12. The lowest BCUT2D eigenvalue weighted by Crippen LogP contribution is -2.39. The summed E-state index contributed by atoms with van der Waals surface area (Å²) in [5, 5.41) is 13.1. The van der Waals surface area contributed by atoms with Gasteiger partial charge in [-0.05, 0) is 43.2 Å². The van der Waals surface area contributed by atoms with Gasteiger partial charge in [-0.1, -0.05) is 22.9 Å². The van der Waals surface area contributed by atoms with Crippen molar-refractivity contribution in [3.63, 3.8) is 0 Å². The zero-order valence-corrected chi connectivity index (χ0v) is 21.4. The maximum atomic E-state index is 13.8. The molecule has 1 amide bonds. The minimum Gasteiger partial charge on any atom is -0.379 e. The summed E-state index contributed by atoms with van der Waals surface area (Å²) in [6.07, 6.45) is 0.789. The van der Waals surface area contributed by atoms with Crippen molar-refractivity contribution in [2.75, 3.05) is 44.3 Å². The third-order valence-corrected chi connectivity index (χ3v) is 8.65. The highest BCUT2D eigenvalue weighted by Gasteiger charge is 2.24. The Morgan fingerprint density at radius 2 is 1.97 bits per heavy atom. The molecule has 2 aromatic carbocycles. The van der Waals surface area contributed by atoms with E-state index in [0.29, 0.717) is 27.0 Å². The molecular weight excluding hydrogens is 508 g/mol. The Labute approximate surface area is 214 Å². The summed E-state index contributed by atoms with van der Waals surface area (Å²) in [4.78, 5) is 33.9. The van der Waals surface area contributed by atoms with Crippen molar-refractivity contribution in [2.24, 2.45) is 0 Å². The molecule has 0 saturated carbocycles. The van der Waals surface area contributed by atoms with Gasteiger partial charge in [0.2, 0.25) is 0 Å². The van der Waals surface area contributed by atoms with Gasteiger partial charge in [-0.3, -0.25) is 24.7 Å². The molecule has 11 heteroatoms. The number of hydrogen-bond acceptors (Lipinski definition) is 8. The molecule has 4 aromatic rings. The molecule has 1 aliphatic rings. The third kappa shape index (κ3) is 5.03. The Kier molecular flexibility index (Phi) is 6.99. The summed E-state index contributed by atoms with van der Waals surface area (Å²) in [5.74, 6) is -0.154. The first kappa shape index (κ1) is 24.1. The van der Waals surface area contributed by atoms with Crippen LogP contribution in [-0.2, 0) is 4.74 Å². The number of ether oxygens (including phenoxy) is 1. The Hall–Kier alpha value is -2.63. The fourth-order valence-corrected chi connectivity index (χ4v) is 6.34. The van der Waals surface area contributed by atoms with E-state index in [1.165, 1.54) is 34.8 Å². The number of fused-ring (bicyclic) bond motifs is 2. The Bertz CT molecular complexity index is 1410. The molecule has 0 N–H and O–H groups in total. The quantitative estimate of drug-likeness (QED) is 0.223. The molecule has 2 aromatic heterocycles. The third-order valence-electron chi connectivity index (χ3n) is 6.09. The minimum atomic E-state index is -0.425. The number of aryl methyl sites for hydroxylation is 1. The van der Waals surface area contributed by atoms with Crippen LogP contribution in [0.25, 0.3) is 20.3 Å². The molecular formula is C24H23ClN4O4S2. The molecule has 8 nitrogen and oxygen atoms in total. The molecule has 0 atom stereocenters. The van der Waals surface area contributed by atoms with Crippen molar-refractivity contribution >= 4 is 71.3 Å². The number of amides is 1. The lowest BCUT2D eigenvalue weighted by atomic mass is 10.2. The second-order valence-electron chi connectivity index (χ2n) is 8.37. The van der Waals surface area contributed by atoms with E-state index in [9.17, 15) is 14.9 Å². The fourth-order valence-electron chi connectivity index (χ4n) is 4.15. The van der Waals surface area contributed by atoms with Gasteiger partial charge in [0.1, 0.15) is 0 Å². The van der Waals surface area contributed by atoms with Gasteiger partial charge in [-0.25, -0.2) is 4.98 Å². The van der Waals surface area contributed by atoms with E-state index in [2.05, 4.69) is 4.90 Å². The van der Waals surface area contributed by atoms with E-state index in [1.807, 2.05) is 19.1 Å². The Balaban J connectivity index is 1.46. The summed E-state index contributed by atoms with van der Waals surface area (Å²) in [6.45, 7) is 6.54. The van der Waals surface area contributed by atoms with Crippen LogP contribution in [-0.4, -0.2) is 60.1 Å². The summed E-state index contributed by atoms with van der Waals surface area (Å²) < 4.78 is 7.24. The monoisotopic (exact) mass is 530 g/mol. The molecule has 1 aliphatic heterocycles. The number of rotatable bonds is 7. The van der Waals surface area contributed by atoms with Gasteiger partial charge in [-0.15, -0.1) is 11.3 Å². The zero-order valence-electron chi connectivity index (χ0n) is 19.0. The molecule has 5 rings (SSSR count). The number of nitro groups is 1. The lowest BCUT2D eigenvalue weighted by Gasteiger charge is -2.27. The number of morpholine rings is 1. The second-order valence-corrected chi connectivity index (χ2v) is 10.9. The van der Waals surface area contributed by atoms with Crippen molar-refractivity contribution in [1.29, 1.82) is 0 Å². The lowest BCUT2D eigenvalue weighted by molar-refractivity contribution is -0.384. The van der Waals surface area contributed by atoms with Gasteiger partial charge < -0.3 is 4.74 Å². The summed E-state index contributed by atoms with van der Waals surface area (Å²) in [7, 11) is 0. The van der Waals surface area contributed by atoms with Crippen LogP contribution in [0.5, 0.6) is 0 Å². The number of carbonyl (C=O) groups excluding carboxylic acids is 1. The van der Waals surface area contributed by atoms with Crippen LogP contribution in [0.15, 0.2) is 36.4 Å². The standard InChI is InChI=1S/C24H23ClN4O4S2/c1-15-18(25)4-6-20-22(15)26-24(35-20)28(8-2-7-27-9-11-33-12-10-27)23(30)21-14-16-13-17(29(31)32)3-5-19(16)34-21/h3-6,13-14H,2,7-12H2,1H3. The van der Waals surface area contributed by atoms with Crippen LogP contribution in [0, 0.1) is 17.0 Å². The molecule has 3 heterocycles. The predicted octanol–water partition coefficient (Wildman–Crippen LogP) is 5.75. The van der Waals surface area contributed by atoms with Crippen LogP contribution >= 0.6 is 34.3 Å². The first-order valence-electron chi connectivity index (χ1n) is 11.3. The molecule has 182 valence electrons. The number of nitro benzene ring substituents is 1. The topological polar surface area (TPSA) is 88.8 Å². The van der Waals surface area contributed by atoms with Gasteiger partial charge in [0.25, 0.3) is 11.6 Å². The molecule has 0 unspecified atom stereocenters. The van der Waals surface area contributed by atoms with E-state index < -0.39 is 4.92 Å². The molecule has 0 spiro atoms. The number of carbonyl (C=O) groups is 1. The fraction of sp³-hybridized carbons (Fsp3) is 0.333. The number of thiophene rings is 1. The molecule has 0 aliphatic carbocycles. The van der Waals surface area contributed by atoms with E-state index in [4.69, 9.17) is 21.3 Å². The summed E-state index contributed by atoms with van der Waals surface area (Å²) >= 11 is 9.11. The molecule has 35 heavy (non-hydrogen) atoms. The molecule has 0 bridgehead atoms. The minimum absolute atomic E-state index is 0.00944. The average molecular weight is 531 g/mol. The zero-order chi connectivity index (χ0) is 24.5. The van der Waals surface area contributed by atoms with Gasteiger partial charge >= 0.3 is 0 Å². The van der Waals surface area contributed by atoms with E-state index >= 15 is 0 Å². The van der Waals surface area contributed by atoms with Crippen molar-refractivity contribution in [2.45, 2.75) is 13.3 Å². The van der Waals surface area contributed by atoms with Gasteiger partial charge in [-0.2, -0.15) is 0 Å². The maximum absolute atomic E-state index is 13.8. The van der Waals surface area contributed by atoms with Crippen LogP contribution in [0.4, 0.5) is 10.8 Å². The maximum Gasteiger partial charge on any atom is 0.270 e. The van der Waals surface area contributed by atoms with E-state index in [-0.39, 0.29) is 11.6 Å². The van der Waals surface area contributed by atoms with Crippen LogP contribution in [0.3, 0.4) is 0 Å². The number of hydrogen-bond donors (Lipinski definition) is 0. The van der Waals surface area contributed by atoms with Crippen molar-refractivity contribution < 1.29 is 14.5 Å². The van der Waals surface area contributed by atoms with Crippen molar-refractivity contribution in [1.82, 2.24) is 9.88 Å². The first-order valence-corrected chi connectivity index (χ1v) is 13.3. The smallest absolute Gasteiger partial charge is 0.270 e. The van der Waals surface area contributed by atoms with Gasteiger partial charge in [0.05, 0.1) is 33.2 Å². The normalized spacial score (nSPS) is 14.6. The first-order chi connectivity index (χ1) is 16.9. The molecule has 1 saturated heterocycles. The largest absolute Gasteiger partial charge is 0.379 e. The highest BCUT2D eigenvalue weighted by atomic mass is 35.5. The Morgan fingerprint density at radius 3 is 2.74 bits per heavy atom. The van der Waals surface area contributed by atoms with Gasteiger partial charge in [0.15, 0.2) is 5.13 Å². The van der Waals surface area contributed by atoms with E-state index in [1.54, 1.807) is 17.0 Å². The number of anilines is 1. The average Bonchev–Trinajstić information content (AvgIpc) is 3.49. The van der Waals surface area contributed by atoms with Gasteiger partial charge in [0, 0.05) is 53.4 Å². The molecule has 0 radical (unpaired) electrons. The van der Waals surface area contributed by atoms with E-state index in [0.717, 1.165) is 59.7 Å². The highest BCUT2D eigenvalue weighted by Crippen LogP contribution is 2.36. The number of thiazole rings is 1. The van der Waals surface area contributed by atoms with Crippen molar-refractivity contribution in [3.05, 3.63) is 62.0 Å². The number of halogens is 1.